The predicted octanol–water partition coefficient (Wildman–Crippen LogP) is -0.686. The molecule has 2 aliphatic rings. The van der Waals surface area contributed by atoms with Crippen LogP contribution in [-0.4, -0.2) is 31.8 Å². The lowest BCUT2D eigenvalue weighted by molar-refractivity contribution is 0.0614. The Morgan fingerprint density at radius 1 is 1.40 bits per heavy atom. The lowest BCUT2D eigenvalue weighted by atomic mass is 10.1. The van der Waals surface area contributed by atoms with E-state index in [-0.39, 0.29) is 12.2 Å². The molecule has 56 valence electrons. The maximum atomic E-state index is 10.6. The normalized spacial score (nSPS) is 38.2. The number of nitrogens with one attached hydrogen (secondary N) is 2. The van der Waals surface area contributed by atoms with Gasteiger partial charge in [0.1, 0.15) is 6.10 Å². The van der Waals surface area contributed by atoms with Crippen molar-refractivity contribution < 1.29 is 9.53 Å². The van der Waals surface area contributed by atoms with Gasteiger partial charge in [0.25, 0.3) is 0 Å². The van der Waals surface area contributed by atoms with Crippen molar-refractivity contribution in [2.75, 3.05) is 19.6 Å². The van der Waals surface area contributed by atoms with Gasteiger partial charge in [-0.05, 0) is 0 Å². The van der Waals surface area contributed by atoms with Gasteiger partial charge in [0, 0.05) is 25.6 Å². The van der Waals surface area contributed by atoms with Gasteiger partial charge in [0.2, 0.25) is 0 Å². The number of rotatable bonds is 0. The van der Waals surface area contributed by atoms with E-state index >= 15 is 0 Å². The Kier molecular flexibility index (Phi) is 1.27. The highest BCUT2D eigenvalue weighted by molar-refractivity contribution is 5.68. The third kappa shape index (κ3) is 0.844. The zero-order valence-corrected chi connectivity index (χ0v) is 5.59. The van der Waals surface area contributed by atoms with Crippen molar-refractivity contribution >= 4 is 6.09 Å². The predicted molar refractivity (Wildman–Crippen MR) is 34.6 cm³/mol. The van der Waals surface area contributed by atoms with Crippen LogP contribution in [-0.2, 0) is 4.74 Å². The van der Waals surface area contributed by atoms with E-state index in [1.165, 1.54) is 0 Å². The van der Waals surface area contributed by atoms with Crippen LogP contribution in [0.2, 0.25) is 0 Å². The molecule has 4 heteroatoms. The molecular weight excluding hydrogens is 132 g/mol. The zero-order chi connectivity index (χ0) is 6.97. The number of carbonyl (C=O) groups is 1. The Morgan fingerprint density at radius 2 is 2.30 bits per heavy atom. The van der Waals surface area contributed by atoms with Crippen molar-refractivity contribution in [2.45, 2.75) is 6.10 Å². The second kappa shape index (κ2) is 2.12. The number of amides is 1. The zero-order valence-electron chi connectivity index (χ0n) is 5.59. The Balaban J connectivity index is 2.03. The molecule has 0 aromatic rings. The van der Waals surface area contributed by atoms with Crippen molar-refractivity contribution in [1.82, 2.24) is 10.6 Å². The first-order chi connectivity index (χ1) is 4.86. The maximum Gasteiger partial charge on any atom is 0.407 e. The van der Waals surface area contributed by atoms with Crippen molar-refractivity contribution in [1.29, 1.82) is 0 Å². The summed E-state index contributed by atoms with van der Waals surface area (Å²) in [5.41, 5.74) is 0. The third-order valence-electron chi connectivity index (χ3n) is 2.04. The molecule has 2 saturated heterocycles. The molecule has 0 saturated carbocycles. The standard InChI is InChI=1S/C6H10N2O2/c9-6-8-2-4-1-7-3-5(4)10-6/h4-5,7H,1-3H2,(H,8,9). The van der Waals surface area contributed by atoms with Gasteiger partial charge in [-0.1, -0.05) is 0 Å². The summed E-state index contributed by atoms with van der Waals surface area (Å²) in [5, 5.41) is 5.82. The van der Waals surface area contributed by atoms with Gasteiger partial charge in [-0.2, -0.15) is 0 Å². The minimum absolute atomic E-state index is 0.119. The molecule has 0 bridgehead atoms. The molecule has 0 aromatic carbocycles. The number of hydrogen-bond donors (Lipinski definition) is 2. The molecule has 0 spiro atoms. The summed E-state index contributed by atoms with van der Waals surface area (Å²) >= 11 is 0. The summed E-state index contributed by atoms with van der Waals surface area (Å²) < 4.78 is 5.00. The summed E-state index contributed by atoms with van der Waals surface area (Å²) in [6.45, 7) is 2.54. The first-order valence-corrected chi connectivity index (χ1v) is 3.51. The monoisotopic (exact) mass is 142 g/mol. The van der Waals surface area contributed by atoms with Crippen LogP contribution in [0.4, 0.5) is 4.79 Å². The van der Waals surface area contributed by atoms with Crippen molar-refractivity contribution in [2.24, 2.45) is 5.92 Å². The van der Waals surface area contributed by atoms with Gasteiger partial charge in [-0.3, -0.25) is 0 Å². The van der Waals surface area contributed by atoms with Crippen LogP contribution in [0.5, 0.6) is 0 Å². The number of carbonyl (C=O) groups excluding carboxylic acids is 1. The van der Waals surface area contributed by atoms with Gasteiger partial charge in [-0.25, -0.2) is 4.79 Å². The molecule has 0 aromatic heterocycles. The largest absolute Gasteiger partial charge is 0.444 e. The van der Waals surface area contributed by atoms with Crippen molar-refractivity contribution in [3.05, 3.63) is 0 Å². The summed E-state index contributed by atoms with van der Waals surface area (Å²) in [6, 6.07) is 0. The van der Waals surface area contributed by atoms with Crippen LogP contribution < -0.4 is 10.6 Å². The van der Waals surface area contributed by atoms with E-state index in [2.05, 4.69) is 10.6 Å². The lowest BCUT2D eigenvalue weighted by Crippen LogP contribution is -2.44. The van der Waals surface area contributed by atoms with Crippen LogP contribution in [0.25, 0.3) is 0 Å². The SMILES string of the molecule is O=C1NCC2CNCC2O1. The molecule has 2 N–H and O–H groups in total. The average molecular weight is 142 g/mol. The topological polar surface area (TPSA) is 50.4 Å². The smallest absolute Gasteiger partial charge is 0.407 e. The second-order valence-electron chi connectivity index (χ2n) is 2.74. The van der Waals surface area contributed by atoms with Crippen LogP contribution >= 0.6 is 0 Å². The summed E-state index contributed by atoms with van der Waals surface area (Å²) in [7, 11) is 0. The quantitative estimate of drug-likeness (QED) is 0.471. The van der Waals surface area contributed by atoms with Crippen molar-refractivity contribution in [3.63, 3.8) is 0 Å². The van der Waals surface area contributed by atoms with Gasteiger partial charge in [0.05, 0.1) is 0 Å². The molecular formula is C6H10N2O2. The summed E-state index contributed by atoms with van der Waals surface area (Å²) in [5.74, 6) is 0.484. The molecule has 10 heavy (non-hydrogen) atoms. The van der Waals surface area contributed by atoms with E-state index in [1.54, 1.807) is 0 Å². The minimum Gasteiger partial charge on any atom is -0.444 e. The van der Waals surface area contributed by atoms with E-state index in [4.69, 9.17) is 4.74 Å². The fourth-order valence-electron chi connectivity index (χ4n) is 1.44. The highest BCUT2D eigenvalue weighted by Gasteiger charge is 2.33. The van der Waals surface area contributed by atoms with Crippen LogP contribution in [0.15, 0.2) is 0 Å². The third-order valence-corrected chi connectivity index (χ3v) is 2.04. The Labute approximate surface area is 58.9 Å². The molecule has 0 aliphatic carbocycles. The van der Waals surface area contributed by atoms with E-state index in [1.807, 2.05) is 0 Å². The Morgan fingerprint density at radius 3 is 3.20 bits per heavy atom. The molecule has 2 rings (SSSR count). The van der Waals surface area contributed by atoms with Crippen LogP contribution in [0.3, 0.4) is 0 Å². The molecule has 2 unspecified atom stereocenters. The second-order valence-corrected chi connectivity index (χ2v) is 2.74. The van der Waals surface area contributed by atoms with Gasteiger partial charge in [-0.15, -0.1) is 0 Å². The molecule has 1 amide bonds. The number of hydrogen-bond acceptors (Lipinski definition) is 3. The molecule has 0 radical (unpaired) electrons. The molecule has 4 nitrogen and oxygen atoms in total. The fraction of sp³-hybridized carbons (Fsp3) is 0.833. The van der Waals surface area contributed by atoms with Crippen LogP contribution in [0, 0.1) is 5.92 Å². The van der Waals surface area contributed by atoms with Gasteiger partial charge >= 0.3 is 6.09 Å². The van der Waals surface area contributed by atoms with E-state index in [0.29, 0.717) is 5.92 Å². The molecule has 2 aliphatic heterocycles. The van der Waals surface area contributed by atoms with Crippen LogP contribution in [0.1, 0.15) is 0 Å². The first kappa shape index (κ1) is 5.97. The van der Waals surface area contributed by atoms with Crippen molar-refractivity contribution in [3.8, 4) is 0 Å². The highest BCUT2D eigenvalue weighted by atomic mass is 16.6. The average Bonchev–Trinajstić information content (AvgIpc) is 2.33. The minimum atomic E-state index is -0.273. The summed E-state index contributed by atoms with van der Waals surface area (Å²) in [6.07, 6.45) is -0.154. The molecule has 2 fully saturated rings. The first-order valence-electron chi connectivity index (χ1n) is 3.51. The number of fused-ring (bicyclic) bond motifs is 1. The van der Waals surface area contributed by atoms with E-state index < -0.39 is 0 Å². The molecule has 2 atom stereocenters. The highest BCUT2D eigenvalue weighted by Crippen LogP contribution is 2.15. The summed E-state index contributed by atoms with van der Waals surface area (Å²) in [4.78, 5) is 10.6. The lowest BCUT2D eigenvalue weighted by Gasteiger charge is -2.24. The Bertz CT molecular complexity index is 160. The number of alkyl carbamates (subject to hydrolysis) is 1. The van der Waals surface area contributed by atoms with Gasteiger partial charge < -0.3 is 15.4 Å². The number of ether oxygens (including phenoxy) is 1. The van der Waals surface area contributed by atoms with E-state index in [9.17, 15) is 4.79 Å². The maximum absolute atomic E-state index is 10.6. The van der Waals surface area contributed by atoms with Gasteiger partial charge in [0.15, 0.2) is 0 Å². The van der Waals surface area contributed by atoms with E-state index in [0.717, 1.165) is 19.6 Å². The fourth-order valence-corrected chi connectivity index (χ4v) is 1.44. The molecule has 2 heterocycles. The Hall–Kier alpha value is -0.770.